The van der Waals surface area contributed by atoms with Gasteiger partial charge in [0.15, 0.2) is 0 Å². The van der Waals surface area contributed by atoms with E-state index in [1.165, 1.54) is 35.4 Å². The van der Waals surface area contributed by atoms with E-state index in [0.717, 1.165) is 6.42 Å². The highest BCUT2D eigenvalue weighted by atomic mass is 19.1. The van der Waals surface area contributed by atoms with Gasteiger partial charge < -0.3 is 19.2 Å². The Morgan fingerprint density at radius 2 is 1.91 bits per heavy atom. The normalized spacial score (nSPS) is 17.7. The Morgan fingerprint density at radius 1 is 1.12 bits per heavy atom. The van der Waals surface area contributed by atoms with E-state index in [4.69, 9.17) is 9.15 Å². The minimum atomic E-state index is -0.865. The summed E-state index contributed by atoms with van der Waals surface area (Å²) in [6.07, 6.45) is 2.31. The van der Waals surface area contributed by atoms with Gasteiger partial charge in [-0.15, -0.1) is 0 Å². The number of rotatable bonds is 7. The average molecular weight is 435 g/mol. The molecular formula is C25H22FNO5. The summed E-state index contributed by atoms with van der Waals surface area (Å²) in [5, 5.41) is 11.0. The summed E-state index contributed by atoms with van der Waals surface area (Å²) in [6.45, 7) is 2.55. The van der Waals surface area contributed by atoms with Gasteiger partial charge in [0.25, 0.3) is 11.7 Å². The molecule has 2 aromatic carbocycles. The predicted octanol–water partition coefficient (Wildman–Crippen LogP) is 4.83. The summed E-state index contributed by atoms with van der Waals surface area (Å²) >= 11 is 0. The molecule has 0 spiro atoms. The van der Waals surface area contributed by atoms with Gasteiger partial charge in [-0.3, -0.25) is 9.59 Å². The number of Topliss-reactive ketones (excluding diaryl/α,β-unsaturated/α-hetero) is 1. The van der Waals surface area contributed by atoms with Gasteiger partial charge in [-0.25, -0.2) is 4.39 Å². The van der Waals surface area contributed by atoms with Gasteiger partial charge >= 0.3 is 0 Å². The maximum atomic E-state index is 13.4. The fourth-order valence-corrected chi connectivity index (χ4v) is 3.72. The number of halogens is 1. The Morgan fingerprint density at radius 3 is 2.59 bits per heavy atom. The maximum absolute atomic E-state index is 13.4. The van der Waals surface area contributed by atoms with Gasteiger partial charge in [0.1, 0.15) is 23.1 Å². The lowest BCUT2D eigenvalue weighted by molar-refractivity contribution is -0.140. The van der Waals surface area contributed by atoms with Crippen LogP contribution in [0.1, 0.15) is 36.3 Å². The number of aliphatic hydroxyl groups is 1. The number of carbonyl (C=O) groups excluding carboxylic acids is 2. The van der Waals surface area contributed by atoms with Crippen LogP contribution in [0.5, 0.6) is 5.75 Å². The van der Waals surface area contributed by atoms with Crippen LogP contribution in [0.2, 0.25) is 0 Å². The van der Waals surface area contributed by atoms with E-state index >= 15 is 0 Å². The van der Waals surface area contributed by atoms with E-state index in [0.29, 0.717) is 23.7 Å². The highest BCUT2D eigenvalue weighted by Crippen LogP contribution is 2.41. The zero-order valence-electron chi connectivity index (χ0n) is 17.5. The molecule has 2 heterocycles. The number of ketones is 1. The Labute approximate surface area is 184 Å². The van der Waals surface area contributed by atoms with Crippen molar-refractivity contribution in [1.29, 1.82) is 0 Å². The van der Waals surface area contributed by atoms with Crippen LogP contribution in [0.15, 0.2) is 76.9 Å². The highest BCUT2D eigenvalue weighted by molar-refractivity contribution is 6.46. The number of likely N-dealkylation sites (tertiary alicyclic amines) is 1. The van der Waals surface area contributed by atoms with Gasteiger partial charge in [-0.1, -0.05) is 19.1 Å². The molecule has 1 N–H and O–H groups in total. The van der Waals surface area contributed by atoms with Crippen molar-refractivity contribution in [2.75, 3.05) is 6.61 Å². The van der Waals surface area contributed by atoms with Crippen LogP contribution in [-0.4, -0.2) is 28.3 Å². The van der Waals surface area contributed by atoms with Crippen LogP contribution in [0.4, 0.5) is 4.39 Å². The van der Waals surface area contributed by atoms with Crippen LogP contribution in [-0.2, 0) is 16.1 Å². The lowest BCUT2D eigenvalue weighted by atomic mass is 9.95. The fraction of sp³-hybridized carbons (Fsp3) is 0.200. The Bertz CT molecular complexity index is 1150. The molecule has 0 radical (unpaired) electrons. The summed E-state index contributed by atoms with van der Waals surface area (Å²) in [5.41, 5.74) is 0.777. The van der Waals surface area contributed by atoms with Crippen molar-refractivity contribution in [2.24, 2.45) is 0 Å². The second-order valence-electron chi connectivity index (χ2n) is 7.43. The monoisotopic (exact) mass is 435 g/mol. The van der Waals surface area contributed by atoms with Gasteiger partial charge in [0.2, 0.25) is 0 Å². The van der Waals surface area contributed by atoms with Crippen LogP contribution in [0, 0.1) is 5.82 Å². The van der Waals surface area contributed by atoms with Crippen molar-refractivity contribution in [3.63, 3.8) is 0 Å². The number of furan rings is 1. The first-order valence-corrected chi connectivity index (χ1v) is 10.3. The largest absolute Gasteiger partial charge is 0.507 e. The summed E-state index contributed by atoms with van der Waals surface area (Å²) < 4.78 is 24.5. The molecule has 0 saturated carbocycles. The third-order valence-electron chi connectivity index (χ3n) is 5.21. The molecule has 0 bridgehead atoms. The van der Waals surface area contributed by atoms with E-state index in [-0.39, 0.29) is 23.4 Å². The number of benzene rings is 2. The summed E-state index contributed by atoms with van der Waals surface area (Å²) in [6, 6.07) is 14.7. The average Bonchev–Trinajstić information content (AvgIpc) is 3.40. The van der Waals surface area contributed by atoms with Crippen molar-refractivity contribution in [3.8, 4) is 5.75 Å². The standard InChI is InChI=1S/C25H22FNO5/c1-2-12-31-19-6-3-5-17(14-19)22-21(23(28)16-8-10-18(26)11-9-16)24(29)25(30)27(22)15-20-7-4-13-32-20/h3-11,13-14,22,28H,2,12,15H2,1H3/t22-/m1/s1. The van der Waals surface area contributed by atoms with Gasteiger partial charge in [0, 0.05) is 5.56 Å². The molecule has 4 rings (SSSR count). The zero-order valence-corrected chi connectivity index (χ0v) is 17.5. The molecule has 1 amide bonds. The van der Waals surface area contributed by atoms with Crippen LogP contribution < -0.4 is 4.74 Å². The number of aliphatic hydroxyl groups excluding tert-OH is 1. The highest BCUT2D eigenvalue weighted by Gasteiger charge is 2.46. The van der Waals surface area contributed by atoms with Gasteiger partial charge in [0.05, 0.1) is 31.0 Å². The Kier molecular flexibility index (Phi) is 6.07. The first kappa shape index (κ1) is 21.4. The SMILES string of the molecule is CCCOc1cccc([C@@H]2C(=C(O)c3ccc(F)cc3)C(=O)C(=O)N2Cc2ccco2)c1. The van der Waals surface area contributed by atoms with Crippen LogP contribution >= 0.6 is 0 Å². The molecule has 1 saturated heterocycles. The first-order valence-electron chi connectivity index (χ1n) is 10.3. The molecule has 164 valence electrons. The third-order valence-corrected chi connectivity index (χ3v) is 5.21. The number of amides is 1. The molecule has 6 nitrogen and oxygen atoms in total. The smallest absolute Gasteiger partial charge is 0.296 e. The molecule has 32 heavy (non-hydrogen) atoms. The van der Waals surface area contributed by atoms with Crippen molar-refractivity contribution in [2.45, 2.75) is 25.9 Å². The molecule has 0 aliphatic carbocycles. The van der Waals surface area contributed by atoms with E-state index in [1.54, 1.807) is 36.4 Å². The Hall–Kier alpha value is -3.87. The molecule has 7 heteroatoms. The quantitative estimate of drug-likeness (QED) is 0.327. The molecule has 1 aromatic heterocycles. The predicted molar refractivity (Wildman–Crippen MR) is 115 cm³/mol. The summed E-state index contributed by atoms with van der Waals surface area (Å²) in [4.78, 5) is 27.3. The van der Waals surface area contributed by atoms with E-state index in [1.807, 2.05) is 6.92 Å². The van der Waals surface area contributed by atoms with Crippen molar-refractivity contribution in [1.82, 2.24) is 4.90 Å². The van der Waals surface area contributed by atoms with E-state index in [2.05, 4.69) is 0 Å². The third kappa shape index (κ3) is 4.14. The molecule has 3 aromatic rings. The summed E-state index contributed by atoms with van der Waals surface area (Å²) in [7, 11) is 0. The number of carbonyl (C=O) groups is 2. The van der Waals surface area contributed by atoms with Gasteiger partial charge in [-0.05, 0) is 60.5 Å². The maximum Gasteiger partial charge on any atom is 0.296 e. The second kappa shape index (κ2) is 9.09. The van der Waals surface area contributed by atoms with Gasteiger partial charge in [-0.2, -0.15) is 0 Å². The van der Waals surface area contributed by atoms with Crippen LogP contribution in [0.25, 0.3) is 5.76 Å². The number of nitrogens with zero attached hydrogens (tertiary/aromatic N) is 1. The second-order valence-corrected chi connectivity index (χ2v) is 7.43. The van der Waals surface area contributed by atoms with E-state index < -0.39 is 23.5 Å². The molecular weight excluding hydrogens is 413 g/mol. The topological polar surface area (TPSA) is 80.0 Å². The minimum absolute atomic E-state index is 0.0441. The molecule has 1 aliphatic rings. The molecule has 1 fully saturated rings. The molecule has 1 atom stereocenters. The van der Waals surface area contributed by atoms with Crippen molar-refractivity contribution < 1.29 is 28.2 Å². The lowest BCUT2D eigenvalue weighted by Crippen LogP contribution is -2.29. The van der Waals surface area contributed by atoms with Crippen LogP contribution in [0.3, 0.4) is 0 Å². The molecule has 0 unspecified atom stereocenters. The van der Waals surface area contributed by atoms with E-state index in [9.17, 15) is 19.1 Å². The summed E-state index contributed by atoms with van der Waals surface area (Å²) in [5.74, 6) is -1.32. The first-order chi connectivity index (χ1) is 15.5. The number of hydrogen-bond acceptors (Lipinski definition) is 5. The zero-order chi connectivity index (χ0) is 22.7. The fourth-order valence-electron chi connectivity index (χ4n) is 3.72. The molecule has 1 aliphatic heterocycles. The lowest BCUT2D eigenvalue weighted by Gasteiger charge is -2.25. The van der Waals surface area contributed by atoms with Crippen molar-refractivity contribution in [3.05, 3.63) is 95.2 Å². The minimum Gasteiger partial charge on any atom is -0.507 e. The Balaban J connectivity index is 1.83. The number of ether oxygens (including phenoxy) is 1. The number of hydrogen-bond donors (Lipinski definition) is 1. The van der Waals surface area contributed by atoms with Crippen molar-refractivity contribution >= 4 is 17.4 Å².